The molecule has 16 heavy (non-hydrogen) atoms. The Bertz CT molecular complexity index is 300. The van der Waals surface area contributed by atoms with Gasteiger partial charge in [0.05, 0.1) is 5.54 Å². The highest BCUT2D eigenvalue weighted by Gasteiger charge is 2.49. The molecule has 0 radical (unpaired) electrons. The van der Waals surface area contributed by atoms with Crippen LogP contribution in [0.25, 0.3) is 0 Å². The largest absolute Gasteiger partial charge is 0.351 e. The first-order valence-electron chi connectivity index (χ1n) is 6.43. The van der Waals surface area contributed by atoms with Crippen LogP contribution in [0.1, 0.15) is 52.9 Å². The Labute approximate surface area is 98.2 Å². The molecule has 0 heterocycles. The van der Waals surface area contributed by atoms with Crippen molar-refractivity contribution in [2.75, 3.05) is 0 Å². The van der Waals surface area contributed by atoms with E-state index in [0.717, 1.165) is 25.7 Å². The zero-order chi connectivity index (χ0) is 12.0. The molecule has 0 aromatic carbocycles. The number of rotatable bonds is 2. The molecule has 2 aliphatic carbocycles. The highest BCUT2D eigenvalue weighted by atomic mass is 16.2. The van der Waals surface area contributed by atoms with Crippen molar-refractivity contribution in [1.82, 2.24) is 5.32 Å². The van der Waals surface area contributed by atoms with Crippen molar-refractivity contribution in [3.63, 3.8) is 0 Å². The zero-order valence-electron chi connectivity index (χ0n) is 10.7. The van der Waals surface area contributed by atoms with Crippen LogP contribution in [0.2, 0.25) is 0 Å². The number of hydrogen-bond acceptors (Lipinski definition) is 2. The van der Waals surface area contributed by atoms with Gasteiger partial charge in [-0.1, -0.05) is 33.6 Å². The van der Waals surface area contributed by atoms with E-state index in [1.807, 2.05) is 0 Å². The number of hydrogen-bond donors (Lipinski definition) is 2. The fourth-order valence-corrected chi connectivity index (χ4v) is 2.81. The smallest absolute Gasteiger partial charge is 0.240 e. The Morgan fingerprint density at radius 3 is 2.50 bits per heavy atom. The van der Waals surface area contributed by atoms with E-state index in [4.69, 9.17) is 5.73 Å². The van der Waals surface area contributed by atoms with E-state index < -0.39 is 5.54 Å². The Morgan fingerprint density at radius 2 is 2.00 bits per heavy atom. The van der Waals surface area contributed by atoms with Crippen LogP contribution in [-0.4, -0.2) is 17.5 Å². The SMILES string of the molecule is CC1CCCC(N)(C(=O)NC2CC2(C)C)C1. The molecule has 0 saturated heterocycles. The lowest BCUT2D eigenvalue weighted by molar-refractivity contribution is -0.128. The standard InChI is InChI=1S/C13H24N2O/c1-9-5-4-6-13(14,7-9)11(16)15-10-8-12(10,2)3/h9-10H,4-8,14H2,1-3H3,(H,15,16). The summed E-state index contributed by atoms with van der Waals surface area (Å²) in [4.78, 5) is 12.2. The van der Waals surface area contributed by atoms with E-state index in [-0.39, 0.29) is 11.3 Å². The summed E-state index contributed by atoms with van der Waals surface area (Å²) in [6, 6.07) is 0.345. The third-order valence-electron chi connectivity index (χ3n) is 4.30. The van der Waals surface area contributed by atoms with Gasteiger partial charge >= 0.3 is 0 Å². The fraction of sp³-hybridized carbons (Fsp3) is 0.923. The van der Waals surface area contributed by atoms with E-state index in [9.17, 15) is 4.79 Å². The summed E-state index contributed by atoms with van der Waals surface area (Å²) in [5.41, 5.74) is 5.93. The average molecular weight is 224 g/mol. The van der Waals surface area contributed by atoms with Crippen LogP contribution in [0.4, 0.5) is 0 Å². The van der Waals surface area contributed by atoms with Crippen LogP contribution in [0.3, 0.4) is 0 Å². The van der Waals surface area contributed by atoms with Gasteiger partial charge in [-0.2, -0.15) is 0 Å². The Morgan fingerprint density at radius 1 is 1.38 bits per heavy atom. The van der Waals surface area contributed by atoms with Crippen molar-refractivity contribution >= 4 is 5.91 Å². The predicted molar refractivity (Wildman–Crippen MR) is 64.9 cm³/mol. The molecule has 3 unspecified atom stereocenters. The van der Waals surface area contributed by atoms with Crippen molar-refractivity contribution in [2.24, 2.45) is 17.1 Å². The van der Waals surface area contributed by atoms with Crippen molar-refractivity contribution < 1.29 is 4.79 Å². The number of amides is 1. The summed E-state index contributed by atoms with van der Waals surface area (Å²) in [5.74, 6) is 0.659. The number of nitrogens with two attached hydrogens (primary N) is 1. The fourth-order valence-electron chi connectivity index (χ4n) is 2.81. The van der Waals surface area contributed by atoms with Gasteiger partial charge in [-0.3, -0.25) is 4.79 Å². The molecule has 3 heteroatoms. The van der Waals surface area contributed by atoms with Gasteiger partial charge in [0, 0.05) is 6.04 Å². The van der Waals surface area contributed by atoms with E-state index in [1.165, 1.54) is 6.42 Å². The number of carbonyl (C=O) groups excluding carboxylic acids is 1. The molecule has 3 nitrogen and oxygen atoms in total. The van der Waals surface area contributed by atoms with Gasteiger partial charge < -0.3 is 11.1 Å². The second-order valence-electron chi connectivity index (χ2n) is 6.58. The highest BCUT2D eigenvalue weighted by molar-refractivity contribution is 5.86. The molecule has 0 spiro atoms. The van der Waals surface area contributed by atoms with E-state index in [2.05, 4.69) is 26.1 Å². The maximum atomic E-state index is 12.2. The average Bonchev–Trinajstić information content (AvgIpc) is 2.73. The quantitative estimate of drug-likeness (QED) is 0.751. The summed E-state index contributed by atoms with van der Waals surface area (Å²) in [5, 5.41) is 3.11. The zero-order valence-corrected chi connectivity index (χ0v) is 10.7. The minimum Gasteiger partial charge on any atom is -0.351 e. The molecule has 2 fully saturated rings. The summed E-state index contributed by atoms with van der Waals surface area (Å²) >= 11 is 0. The Kier molecular flexibility index (Phi) is 2.77. The molecular formula is C13H24N2O. The van der Waals surface area contributed by atoms with Gasteiger partial charge in [-0.05, 0) is 30.6 Å². The molecular weight excluding hydrogens is 200 g/mol. The third-order valence-corrected chi connectivity index (χ3v) is 4.30. The molecule has 2 aliphatic rings. The van der Waals surface area contributed by atoms with E-state index in [0.29, 0.717) is 12.0 Å². The lowest BCUT2D eigenvalue weighted by atomic mass is 9.76. The van der Waals surface area contributed by atoms with Crippen LogP contribution >= 0.6 is 0 Å². The van der Waals surface area contributed by atoms with Crippen molar-refractivity contribution in [2.45, 2.75) is 64.5 Å². The monoisotopic (exact) mass is 224 g/mol. The topological polar surface area (TPSA) is 55.1 Å². The molecule has 3 atom stereocenters. The van der Waals surface area contributed by atoms with Crippen LogP contribution < -0.4 is 11.1 Å². The first-order valence-corrected chi connectivity index (χ1v) is 6.43. The van der Waals surface area contributed by atoms with Crippen LogP contribution in [0, 0.1) is 11.3 Å². The van der Waals surface area contributed by atoms with Crippen LogP contribution in [-0.2, 0) is 4.79 Å². The molecule has 0 bridgehead atoms. The Balaban J connectivity index is 1.93. The second-order valence-corrected chi connectivity index (χ2v) is 6.58. The third kappa shape index (κ3) is 2.24. The predicted octanol–water partition coefficient (Wildman–Crippen LogP) is 1.81. The first kappa shape index (κ1) is 11.9. The van der Waals surface area contributed by atoms with Crippen molar-refractivity contribution in [3.05, 3.63) is 0 Å². The molecule has 0 aromatic heterocycles. The number of carbonyl (C=O) groups is 1. The highest BCUT2D eigenvalue weighted by Crippen LogP contribution is 2.45. The normalized spacial score (nSPS) is 41.5. The van der Waals surface area contributed by atoms with Crippen LogP contribution in [0.15, 0.2) is 0 Å². The maximum absolute atomic E-state index is 12.2. The molecule has 2 rings (SSSR count). The second kappa shape index (κ2) is 3.73. The molecule has 0 aliphatic heterocycles. The van der Waals surface area contributed by atoms with E-state index in [1.54, 1.807) is 0 Å². The molecule has 0 aromatic rings. The van der Waals surface area contributed by atoms with Crippen molar-refractivity contribution in [1.29, 1.82) is 0 Å². The van der Waals surface area contributed by atoms with E-state index >= 15 is 0 Å². The summed E-state index contributed by atoms with van der Waals surface area (Å²) < 4.78 is 0. The van der Waals surface area contributed by atoms with Gasteiger partial charge in [0.1, 0.15) is 0 Å². The van der Waals surface area contributed by atoms with Gasteiger partial charge in [-0.25, -0.2) is 0 Å². The van der Waals surface area contributed by atoms with Crippen LogP contribution in [0.5, 0.6) is 0 Å². The van der Waals surface area contributed by atoms with Gasteiger partial charge in [0.15, 0.2) is 0 Å². The minimum absolute atomic E-state index is 0.0784. The lowest BCUT2D eigenvalue weighted by Crippen LogP contribution is -2.57. The summed E-state index contributed by atoms with van der Waals surface area (Å²) in [6.45, 7) is 6.56. The molecule has 3 N–H and O–H groups in total. The van der Waals surface area contributed by atoms with Gasteiger partial charge in [0.25, 0.3) is 0 Å². The summed E-state index contributed by atoms with van der Waals surface area (Å²) in [7, 11) is 0. The van der Waals surface area contributed by atoms with Gasteiger partial charge in [0.2, 0.25) is 5.91 Å². The molecule has 2 saturated carbocycles. The molecule has 92 valence electrons. The maximum Gasteiger partial charge on any atom is 0.240 e. The van der Waals surface area contributed by atoms with Crippen molar-refractivity contribution in [3.8, 4) is 0 Å². The lowest BCUT2D eigenvalue weighted by Gasteiger charge is -2.35. The van der Waals surface area contributed by atoms with Gasteiger partial charge in [-0.15, -0.1) is 0 Å². The molecule has 1 amide bonds. The minimum atomic E-state index is -0.601. The number of nitrogens with one attached hydrogen (secondary N) is 1. The first-order chi connectivity index (χ1) is 7.33. The Hall–Kier alpha value is -0.570. The summed E-state index contributed by atoms with van der Waals surface area (Å²) in [6.07, 6.45) is 5.06.